The molecular formula is C11H16IN3O. The highest BCUT2D eigenvalue weighted by molar-refractivity contribution is 14.1. The number of aromatic nitrogens is 2. The number of H-pyrrole nitrogens is 1. The molecule has 0 aromatic carbocycles. The lowest BCUT2D eigenvalue weighted by molar-refractivity contribution is 0.553. The van der Waals surface area contributed by atoms with Gasteiger partial charge in [-0.1, -0.05) is 19.3 Å². The Kier molecular flexibility index (Phi) is 4.20. The predicted octanol–water partition coefficient (Wildman–Crippen LogP) is 2.14. The third-order valence-corrected chi connectivity index (χ3v) is 3.91. The maximum absolute atomic E-state index is 11.5. The molecule has 0 aliphatic carbocycles. The normalized spacial score (nSPS) is 17.9. The van der Waals surface area contributed by atoms with E-state index in [2.05, 4.69) is 37.5 Å². The lowest BCUT2D eigenvalue weighted by Crippen LogP contribution is -2.30. The Balaban J connectivity index is 2.20. The molecule has 1 N–H and O–H groups in total. The summed E-state index contributed by atoms with van der Waals surface area (Å²) in [6.07, 6.45) is 7.81. The smallest absolute Gasteiger partial charge is 0.266 e. The molecule has 1 aromatic heterocycles. The molecule has 4 nitrogen and oxygen atoms in total. The minimum absolute atomic E-state index is 0.0346. The fraction of sp³-hybridized carbons (Fsp3) is 0.636. The Bertz CT molecular complexity index is 396. The van der Waals surface area contributed by atoms with E-state index in [1.807, 2.05) is 0 Å². The molecule has 2 rings (SSSR count). The molecule has 88 valence electrons. The molecule has 0 bridgehead atoms. The van der Waals surface area contributed by atoms with Gasteiger partial charge in [0.05, 0.1) is 6.33 Å². The number of halogens is 1. The molecule has 1 aromatic rings. The summed E-state index contributed by atoms with van der Waals surface area (Å²) in [6, 6.07) is 0. The number of nitrogens with zero attached hydrogens (tertiary/aromatic N) is 2. The largest absolute Gasteiger partial charge is 0.356 e. The topological polar surface area (TPSA) is 49.0 Å². The van der Waals surface area contributed by atoms with Crippen LogP contribution in [0.15, 0.2) is 11.1 Å². The molecule has 0 atom stereocenters. The van der Waals surface area contributed by atoms with Gasteiger partial charge in [-0.25, -0.2) is 4.98 Å². The van der Waals surface area contributed by atoms with Crippen LogP contribution in [0.2, 0.25) is 0 Å². The van der Waals surface area contributed by atoms with E-state index in [0.29, 0.717) is 3.57 Å². The summed E-state index contributed by atoms with van der Waals surface area (Å²) in [4.78, 5) is 20.7. The summed E-state index contributed by atoms with van der Waals surface area (Å²) in [5.74, 6) is 0.853. The number of aromatic amines is 1. The fourth-order valence-corrected chi connectivity index (χ4v) is 2.69. The van der Waals surface area contributed by atoms with Crippen molar-refractivity contribution in [3.63, 3.8) is 0 Å². The minimum Gasteiger partial charge on any atom is -0.356 e. The highest BCUT2D eigenvalue weighted by Gasteiger charge is 2.14. The van der Waals surface area contributed by atoms with E-state index in [9.17, 15) is 4.79 Å². The second-order valence-corrected chi connectivity index (χ2v) is 5.20. The first-order valence-corrected chi connectivity index (χ1v) is 6.85. The molecule has 1 aliphatic rings. The van der Waals surface area contributed by atoms with Gasteiger partial charge in [0.2, 0.25) is 0 Å². The highest BCUT2D eigenvalue weighted by atomic mass is 127. The van der Waals surface area contributed by atoms with Crippen LogP contribution in [0.5, 0.6) is 0 Å². The standard InChI is InChI=1S/C11H16IN3O/c12-9-10(13-8-14-11(9)16)15-6-4-2-1-3-5-7-15/h8H,1-7H2,(H,13,14,16). The van der Waals surface area contributed by atoms with Crippen LogP contribution in [0.25, 0.3) is 0 Å². The second-order valence-electron chi connectivity index (χ2n) is 4.12. The monoisotopic (exact) mass is 333 g/mol. The van der Waals surface area contributed by atoms with Crippen LogP contribution in [-0.2, 0) is 0 Å². The average Bonchev–Trinajstić information content (AvgIpc) is 2.23. The van der Waals surface area contributed by atoms with E-state index in [1.165, 1.54) is 38.4 Å². The Hall–Kier alpha value is -0.590. The third kappa shape index (κ3) is 2.75. The summed E-state index contributed by atoms with van der Waals surface area (Å²) in [5, 5.41) is 0. The van der Waals surface area contributed by atoms with Gasteiger partial charge in [0, 0.05) is 13.1 Å². The van der Waals surface area contributed by atoms with Gasteiger partial charge in [0.1, 0.15) is 9.39 Å². The van der Waals surface area contributed by atoms with Crippen molar-refractivity contribution in [3.8, 4) is 0 Å². The molecular weight excluding hydrogens is 317 g/mol. The van der Waals surface area contributed by atoms with Crippen molar-refractivity contribution in [2.24, 2.45) is 0 Å². The summed E-state index contributed by atoms with van der Waals surface area (Å²) in [6.45, 7) is 2.04. The Labute approximate surface area is 109 Å². The Morgan fingerprint density at radius 3 is 2.50 bits per heavy atom. The van der Waals surface area contributed by atoms with Crippen molar-refractivity contribution < 1.29 is 0 Å². The van der Waals surface area contributed by atoms with Gasteiger partial charge in [-0.2, -0.15) is 0 Å². The van der Waals surface area contributed by atoms with Crippen molar-refractivity contribution in [2.45, 2.75) is 32.1 Å². The van der Waals surface area contributed by atoms with Gasteiger partial charge >= 0.3 is 0 Å². The molecule has 2 heterocycles. The Morgan fingerprint density at radius 1 is 1.19 bits per heavy atom. The van der Waals surface area contributed by atoms with Crippen molar-refractivity contribution >= 4 is 28.4 Å². The quantitative estimate of drug-likeness (QED) is 0.801. The SMILES string of the molecule is O=c1[nH]cnc(N2CCCCCCC2)c1I. The van der Waals surface area contributed by atoms with Crippen LogP contribution in [0.1, 0.15) is 32.1 Å². The predicted molar refractivity (Wildman–Crippen MR) is 72.9 cm³/mol. The molecule has 0 spiro atoms. The number of rotatable bonds is 1. The molecule has 0 radical (unpaired) electrons. The van der Waals surface area contributed by atoms with Crippen molar-refractivity contribution in [1.29, 1.82) is 0 Å². The maximum atomic E-state index is 11.5. The lowest BCUT2D eigenvalue weighted by Gasteiger charge is -2.26. The number of hydrogen-bond donors (Lipinski definition) is 1. The number of anilines is 1. The summed E-state index contributed by atoms with van der Waals surface area (Å²) in [7, 11) is 0. The first kappa shape index (κ1) is 11.9. The summed E-state index contributed by atoms with van der Waals surface area (Å²) >= 11 is 2.08. The van der Waals surface area contributed by atoms with E-state index >= 15 is 0 Å². The molecule has 5 heteroatoms. The van der Waals surface area contributed by atoms with Crippen molar-refractivity contribution in [1.82, 2.24) is 9.97 Å². The zero-order valence-corrected chi connectivity index (χ0v) is 11.4. The summed E-state index contributed by atoms with van der Waals surface area (Å²) in [5.41, 5.74) is -0.0346. The van der Waals surface area contributed by atoms with E-state index in [0.717, 1.165) is 18.9 Å². The molecule has 1 aliphatic heterocycles. The van der Waals surface area contributed by atoms with Crippen molar-refractivity contribution in [3.05, 3.63) is 20.3 Å². The van der Waals surface area contributed by atoms with Crippen LogP contribution in [-0.4, -0.2) is 23.1 Å². The highest BCUT2D eigenvalue weighted by Crippen LogP contribution is 2.19. The maximum Gasteiger partial charge on any atom is 0.266 e. The van der Waals surface area contributed by atoms with E-state index in [-0.39, 0.29) is 5.56 Å². The molecule has 0 amide bonds. The van der Waals surface area contributed by atoms with E-state index in [4.69, 9.17) is 0 Å². The number of nitrogens with one attached hydrogen (secondary N) is 1. The van der Waals surface area contributed by atoms with Gasteiger partial charge in [0.25, 0.3) is 5.56 Å². The Morgan fingerprint density at radius 2 is 1.81 bits per heavy atom. The van der Waals surface area contributed by atoms with Crippen LogP contribution in [0.4, 0.5) is 5.82 Å². The average molecular weight is 333 g/mol. The van der Waals surface area contributed by atoms with Gasteiger partial charge in [-0.15, -0.1) is 0 Å². The van der Waals surface area contributed by atoms with Crippen LogP contribution >= 0.6 is 22.6 Å². The zero-order chi connectivity index (χ0) is 11.4. The molecule has 1 fully saturated rings. The third-order valence-electron chi connectivity index (χ3n) is 2.93. The van der Waals surface area contributed by atoms with Gasteiger partial charge in [-0.3, -0.25) is 4.79 Å². The van der Waals surface area contributed by atoms with Crippen LogP contribution in [0, 0.1) is 3.57 Å². The van der Waals surface area contributed by atoms with Crippen LogP contribution in [0.3, 0.4) is 0 Å². The van der Waals surface area contributed by atoms with Crippen LogP contribution < -0.4 is 10.5 Å². The second kappa shape index (κ2) is 5.65. The first-order valence-electron chi connectivity index (χ1n) is 5.77. The van der Waals surface area contributed by atoms with E-state index in [1.54, 1.807) is 0 Å². The lowest BCUT2D eigenvalue weighted by atomic mass is 10.1. The van der Waals surface area contributed by atoms with Gasteiger partial charge in [-0.05, 0) is 35.4 Å². The van der Waals surface area contributed by atoms with Gasteiger partial charge < -0.3 is 9.88 Å². The number of hydrogen-bond acceptors (Lipinski definition) is 3. The molecule has 1 saturated heterocycles. The van der Waals surface area contributed by atoms with E-state index < -0.39 is 0 Å². The summed E-state index contributed by atoms with van der Waals surface area (Å²) < 4.78 is 0.709. The fourth-order valence-electron chi connectivity index (χ4n) is 2.05. The molecule has 0 saturated carbocycles. The minimum atomic E-state index is -0.0346. The molecule has 0 unspecified atom stereocenters. The van der Waals surface area contributed by atoms with Gasteiger partial charge in [0.15, 0.2) is 0 Å². The first-order chi connectivity index (χ1) is 7.79. The van der Waals surface area contributed by atoms with Crippen molar-refractivity contribution in [2.75, 3.05) is 18.0 Å². The zero-order valence-electron chi connectivity index (χ0n) is 9.21. The molecule has 16 heavy (non-hydrogen) atoms.